The zero-order chi connectivity index (χ0) is 11.3. The number of phenols is 1. The molecule has 2 rings (SSSR count). The minimum Gasteiger partial charge on any atom is -0.508 e. The zero-order valence-corrected chi connectivity index (χ0v) is 9.32. The molecule has 0 aliphatic rings. The third-order valence-electron chi connectivity index (χ3n) is 2.03. The van der Waals surface area contributed by atoms with Crippen LogP contribution in [0.25, 0.3) is 10.8 Å². The van der Waals surface area contributed by atoms with E-state index in [0.29, 0.717) is 0 Å². The molecule has 2 aromatic carbocycles. The van der Waals surface area contributed by atoms with Gasteiger partial charge in [0.15, 0.2) is 0 Å². The largest absolute Gasteiger partial charge is 0.508 e. The lowest BCUT2D eigenvalue weighted by Gasteiger charge is -2.02. The summed E-state index contributed by atoms with van der Waals surface area (Å²) in [5.41, 5.74) is 0. The van der Waals surface area contributed by atoms with Crippen LogP contribution >= 0.6 is 0 Å². The Labute approximate surface area is 90.1 Å². The molecule has 0 aliphatic carbocycles. The molecule has 2 nitrogen and oxygen atoms in total. The summed E-state index contributed by atoms with van der Waals surface area (Å²) in [6.07, 6.45) is 0. The van der Waals surface area contributed by atoms with Crippen LogP contribution in [0.4, 0.5) is 0 Å². The fraction of sp³-hybridized carbons (Fsp3) is 0.231. The van der Waals surface area contributed by atoms with Gasteiger partial charge in [-0.15, -0.1) is 0 Å². The average molecular weight is 204 g/mol. The van der Waals surface area contributed by atoms with E-state index < -0.39 is 0 Å². The highest BCUT2D eigenvalue weighted by molar-refractivity contribution is 5.85. The number of ether oxygens (including phenoxy) is 1. The minimum absolute atomic E-state index is 0.278. The van der Waals surface area contributed by atoms with Crippen molar-refractivity contribution in [3.63, 3.8) is 0 Å². The lowest BCUT2D eigenvalue weighted by atomic mass is 10.1. The van der Waals surface area contributed by atoms with Crippen LogP contribution in [0.1, 0.15) is 13.8 Å². The Bertz CT molecular complexity index is 435. The first kappa shape index (κ1) is 11.4. The summed E-state index contributed by atoms with van der Waals surface area (Å²) < 4.78 is 5.08. The van der Waals surface area contributed by atoms with Crippen LogP contribution in [0.5, 0.6) is 11.5 Å². The minimum atomic E-state index is 0.278. The molecule has 80 valence electrons. The van der Waals surface area contributed by atoms with Gasteiger partial charge in [-0.05, 0) is 35.0 Å². The Kier molecular flexibility index (Phi) is 3.98. The van der Waals surface area contributed by atoms with Crippen LogP contribution in [-0.4, -0.2) is 12.2 Å². The molecule has 0 saturated heterocycles. The SMILES string of the molecule is CC.COc1ccc2ccc(O)cc2c1. The first-order valence-electron chi connectivity index (χ1n) is 5.06. The van der Waals surface area contributed by atoms with Crippen LogP contribution in [-0.2, 0) is 0 Å². The van der Waals surface area contributed by atoms with Crippen molar-refractivity contribution >= 4 is 10.8 Å². The highest BCUT2D eigenvalue weighted by atomic mass is 16.5. The van der Waals surface area contributed by atoms with Crippen molar-refractivity contribution in [2.75, 3.05) is 7.11 Å². The number of fused-ring (bicyclic) bond motifs is 1. The molecule has 0 spiro atoms. The van der Waals surface area contributed by atoms with Gasteiger partial charge in [0.25, 0.3) is 0 Å². The molecule has 0 unspecified atom stereocenters. The molecule has 15 heavy (non-hydrogen) atoms. The normalized spacial score (nSPS) is 9.27. The van der Waals surface area contributed by atoms with E-state index in [4.69, 9.17) is 4.74 Å². The maximum atomic E-state index is 9.25. The van der Waals surface area contributed by atoms with Gasteiger partial charge in [0.1, 0.15) is 11.5 Å². The molecule has 0 heterocycles. The third-order valence-corrected chi connectivity index (χ3v) is 2.03. The number of benzene rings is 2. The van der Waals surface area contributed by atoms with Gasteiger partial charge < -0.3 is 9.84 Å². The van der Waals surface area contributed by atoms with Crippen molar-refractivity contribution in [1.82, 2.24) is 0 Å². The number of phenolic OH excluding ortho intramolecular Hbond substituents is 1. The topological polar surface area (TPSA) is 29.5 Å². The molecule has 2 aromatic rings. The van der Waals surface area contributed by atoms with E-state index in [9.17, 15) is 5.11 Å². The molecule has 0 aromatic heterocycles. The van der Waals surface area contributed by atoms with Crippen LogP contribution in [0.15, 0.2) is 36.4 Å². The fourth-order valence-corrected chi connectivity index (χ4v) is 1.34. The molecule has 0 saturated carbocycles. The predicted molar refractivity (Wildman–Crippen MR) is 63.5 cm³/mol. The number of hydrogen-bond donors (Lipinski definition) is 1. The van der Waals surface area contributed by atoms with Gasteiger partial charge in [-0.25, -0.2) is 0 Å². The Hall–Kier alpha value is -1.70. The van der Waals surface area contributed by atoms with Crippen molar-refractivity contribution in [1.29, 1.82) is 0 Å². The van der Waals surface area contributed by atoms with Crippen molar-refractivity contribution in [3.05, 3.63) is 36.4 Å². The van der Waals surface area contributed by atoms with E-state index in [1.54, 1.807) is 19.2 Å². The molecule has 0 bridgehead atoms. The molecule has 0 radical (unpaired) electrons. The second-order valence-corrected chi connectivity index (χ2v) is 2.90. The Morgan fingerprint density at radius 3 is 2.27 bits per heavy atom. The standard InChI is InChI=1S/C11H10O2.C2H6/c1-13-11-5-3-8-2-4-10(12)6-9(8)7-11;1-2/h2-7,12H,1H3;1-2H3. The summed E-state index contributed by atoms with van der Waals surface area (Å²) in [4.78, 5) is 0. The third kappa shape index (κ3) is 2.62. The second kappa shape index (κ2) is 5.25. The summed E-state index contributed by atoms with van der Waals surface area (Å²) in [5.74, 6) is 1.08. The molecule has 0 aliphatic heterocycles. The summed E-state index contributed by atoms with van der Waals surface area (Å²) in [5, 5.41) is 11.3. The van der Waals surface area contributed by atoms with Crippen LogP contribution in [0.3, 0.4) is 0 Å². The highest BCUT2D eigenvalue weighted by Crippen LogP contribution is 2.23. The van der Waals surface area contributed by atoms with Crippen molar-refractivity contribution in [2.45, 2.75) is 13.8 Å². The molecule has 0 atom stereocenters. The average Bonchev–Trinajstić information content (AvgIpc) is 2.30. The van der Waals surface area contributed by atoms with Crippen molar-refractivity contribution in [3.8, 4) is 11.5 Å². The Balaban J connectivity index is 0.000000531. The molecule has 0 fully saturated rings. The maximum absolute atomic E-state index is 9.25. The van der Waals surface area contributed by atoms with E-state index in [0.717, 1.165) is 16.5 Å². The monoisotopic (exact) mass is 204 g/mol. The van der Waals surface area contributed by atoms with E-state index in [1.165, 1.54) is 0 Å². The molecular formula is C13H16O2. The summed E-state index contributed by atoms with van der Waals surface area (Å²) in [7, 11) is 1.63. The van der Waals surface area contributed by atoms with Crippen molar-refractivity contribution in [2.24, 2.45) is 0 Å². The Morgan fingerprint density at radius 2 is 1.60 bits per heavy atom. The van der Waals surface area contributed by atoms with Gasteiger partial charge in [-0.1, -0.05) is 26.0 Å². The summed E-state index contributed by atoms with van der Waals surface area (Å²) in [6.45, 7) is 4.00. The van der Waals surface area contributed by atoms with Crippen LogP contribution in [0.2, 0.25) is 0 Å². The van der Waals surface area contributed by atoms with Crippen molar-refractivity contribution < 1.29 is 9.84 Å². The van der Waals surface area contributed by atoms with Gasteiger partial charge >= 0.3 is 0 Å². The molecular weight excluding hydrogens is 188 g/mol. The van der Waals surface area contributed by atoms with Gasteiger partial charge in [-0.2, -0.15) is 0 Å². The van der Waals surface area contributed by atoms with Gasteiger partial charge in [0, 0.05) is 0 Å². The predicted octanol–water partition coefficient (Wildman–Crippen LogP) is 3.58. The summed E-state index contributed by atoms with van der Waals surface area (Å²) in [6, 6.07) is 11.0. The summed E-state index contributed by atoms with van der Waals surface area (Å²) >= 11 is 0. The first-order valence-corrected chi connectivity index (χ1v) is 5.06. The number of methoxy groups -OCH3 is 1. The number of aromatic hydroxyl groups is 1. The zero-order valence-electron chi connectivity index (χ0n) is 9.32. The number of rotatable bonds is 1. The van der Waals surface area contributed by atoms with Gasteiger partial charge in [0.2, 0.25) is 0 Å². The fourth-order valence-electron chi connectivity index (χ4n) is 1.34. The molecule has 2 heteroatoms. The highest BCUT2D eigenvalue weighted by Gasteiger charge is 1.96. The lowest BCUT2D eigenvalue weighted by Crippen LogP contribution is -1.81. The van der Waals surface area contributed by atoms with Crippen LogP contribution in [0, 0.1) is 0 Å². The maximum Gasteiger partial charge on any atom is 0.119 e. The van der Waals surface area contributed by atoms with E-state index in [-0.39, 0.29) is 5.75 Å². The van der Waals surface area contributed by atoms with E-state index in [2.05, 4.69) is 0 Å². The first-order chi connectivity index (χ1) is 7.29. The van der Waals surface area contributed by atoms with Gasteiger partial charge in [-0.3, -0.25) is 0 Å². The lowest BCUT2D eigenvalue weighted by molar-refractivity contribution is 0.415. The molecule has 0 amide bonds. The quantitative estimate of drug-likeness (QED) is 0.769. The molecule has 1 N–H and O–H groups in total. The van der Waals surface area contributed by atoms with Crippen LogP contribution < -0.4 is 4.74 Å². The Morgan fingerprint density at radius 1 is 0.933 bits per heavy atom. The second-order valence-electron chi connectivity index (χ2n) is 2.90. The number of hydrogen-bond acceptors (Lipinski definition) is 2. The van der Waals surface area contributed by atoms with E-state index >= 15 is 0 Å². The smallest absolute Gasteiger partial charge is 0.119 e. The van der Waals surface area contributed by atoms with Gasteiger partial charge in [0.05, 0.1) is 7.11 Å². The van der Waals surface area contributed by atoms with E-state index in [1.807, 2.05) is 38.1 Å².